The lowest BCUT2D eigenvalue weighted by molar-refractivity contribution is 0.102. The molecule has 0 atom stereocenters. The molecule has 0 spiro atoms. The van der Waals surface area contributed by atoms with E-state index in [4.69, 9.17) is 0 Å². The Morgan fingerprint density at radius 1 is 1.13 bits per heavy atom. The molecule has 30 heavy (non-hydrogen) atoms. The molecule has 154 valence electrons. The number of benzene rings is 1. The van der Waals surface area contributed by atoms with Crippen molar-refractivity contribution in [2.45, 2.75) is 19.0 Å². The van der Waals surface area contributed by atoms with Gasteiger partial charge in [-0.05, 0) is 50.2 Å². The minimum Gasteiger partial charge on any atom is -0.320 e. The van der Waals surface area contributed by atoms with Crippen molar-refractivity contribution in [1.29, 1.82) is 0 Å². The number of hydrogen-bond acceptors (Lipinski definition) is 5. The van der Waals surface area contributed by atoms with Gasteiger partial charge in [0.1, 0.15) is 5.69 Å². The fraction of sp³-hybridized carbons (Fsp3) is 0.150. The molecule has 0 saturated carbocycles. The molecule has 1 aromatic carbocycles. The zero-order chi connectivity index (χ0) is 21.6. The van der Waals surface area contributed by atoms with E-state index in [1.165, 1.54) is 27.4 Å². The van der Waals surface area contributed by atoms with Gasteiger partial charge < -0.3 is 5.32 Å². The number of anilines is 1. The normalized spacial score (nSPS) is 11.7. The summed E-state index contributed by atoms with van der Waals surface area (Å²) >= 11 is 0. The van der Waals surface area contributed by atoms with Crippen LogP contribution in [-0.4, -0.2) is 39.7 Å². The summed E-state index contributed by atoms with van der Waals surface area (Å²) in [7, 11) is -3.66. The van der Waals surface area contributed by atoms with Gasteiger partial charge in [0.2, 0.25) is 15.0 Å². The van der Waals surface area contributed by atoms with E-state index in [-0.39, 0.29) is 22.2 Å². The molecule has 0 fully saturated rings. The van der Waals surface area contributed by atoms with Crippen LogP contribution in [0.1, 0.15) is 21.9 Å². The number of aromatic nitrogens is 4. The van der Waals surface area contributed by atoms with Crippen LogP contribution in [-0.2, 0) is 9.84 Å². The number of amides is 1. The summed E-state index contributed by atoms with van der Waals surface area (Å²) in [5.41, 5.74) is 2.26. The van der Waals surface area contributed by atoms with Crippen molar-refractivity contribution >= 4 is 26.9 Å². The third kappa shape index (κ3) is 3.45. The Balaban J connectivity index is 1.68. The molecule has 1 N–H and O–H groups in total. The number of aryl methyl sites for hydroxylation is 2. The number of hydrogen-bond donors (Lipinski definition) is 1. The molecule has 0 aliphatic heterocycles. The maximum absolute atomic E-state index is 14.7. The summed E-state index contributed by atoms with van der Waals surface area (Å²) in [6.07, 6.45) is 2.53. The number of carbonyl (C=O) groups is 1. The van der Waals surface area contributed by atoms with Gasteiger partial charge in [-0.2, -0.15) is 5.10 Å². The molecule has 3 heterocycles. The van der Waals surface area contributed by atoms with Gasteiger partial charge in [0.15, 0.2) is 11.5 Å². The highest BCUT2D eigenvalue weighted by Gasteiger charge is 2.23. The van der Waals surface area contributed by atoms with Crippen molar-refractivity contribution in [2.75, 3.05) is 11.6 Å². The van der Waals surface area contributed by atoms with E-state index in [9.17, 15) is 17.6 Å². The Morgan fingerprint density at radius 3 is 2.53 bits per heavy atom. The molecule has 0 bridgehead atoms. The minimum absolute atomic E-state index is 0.0703. The molecule has 3 aromatic heterocycles. The Morgan fingerprint density at radius 2 is 1.90 bits per heavy atom. The topological polar surface area (TPSA) is 98.4 Å². The molecule has 1 amide bonds. The molecule has 0 saturated heterocycles. The second-order valence-corrected chi connectivity index (χ2v) is 8.84. The quantitative estimate of drug-likeness (QED) is 0.540. The molecule has 4 rings (SSSR count). The third-order valence-corrected chi connectivity index (χ3v) is 5.46. The van der Waals surface area contributed by atoms with Crippen LogP contribution >= 0.6 is 0 Å². The van der Waals surface area contributed by atoms with Crippen molar-refractivity contribution in [3.63, 3.8) is 0 Å². The Bertz CT molecular complexity index is 1410. The molecule has 0 aliphatic carbocycles. The predicted octanol–water partition coefficient (Wildman–Crippen LogP) is 2.93. The van der Waals surface area contributed by atoms with Crippen LogP contribution in [0.15, 0.2) is 53.8 Å². The number of halogens is 1. The summed E-state index contributed by atoms with van der Waals surface area (Å²) in [4.78, 5) is 16.8. The SMILES string of the molecule is Cc1cc(C)n(-c2ccc(NC(=O)c3nc(S(C)(=O)=O)n4ccccc34)cc2F)n1. The lowest BCUT2D eigenvalue weighted by atomic mass is 10.2. The van der Waals surface area contributed by atoms with Crippen LogP contribution < -0.4 is 5.32 Å². The monoisotopic (exact) mass is 427 g/mol. The first kappa shape index (κ1) is 19.8. The second kappa shape index (κ2) is 7.06. The smallest absolute Gasteiger partial charge is 0.276 e. The summed E-state index contributed by atoms with van der Waals surface area (Å²) in [6.45, 7) is 3.63. The summed E-state index contributed by atoms with van der Waals surface area (Å²) < 4.78 is 41.5. The molecule has 10 heteroatoms. The maximum Gasteiger partial charge on any atom is 0.276 e. The van der Waals surface area contributed by atoms with E-state index in [1.807, 2.05) is 19.9 Å². The van der Waals surface area contributed by atoms with Gasteiger partial charge in [-0.25, -0.2) is 22.5 Å². The van der Waals surface area contributed by atoms with E-state index >= 15 is 0 Å². The maximum atomic E-state index is 14.7. The van der Waals surface area contributed by atoms with Gasteiger partial charge in [-0.15, -0.1) is 0 Å². The highest BCUT2D eigenvalue weighted by molar-refractivity contribution is 7.90. The highest BCUT2D eigenvalue weighted by atomic mass is 32.2. The zero-order valence-corrected chi connectivity index (χ0v) is 17.2. The number of imidazole rings is 1. The van der Waals surface area contributed by atoms with Gasteiger partial charge in [0.05, 0.1) is 11.2 Å². The molecule has 8 nitrogen and oxygen atoms in total. The van der Waals surface area contributed by atoms with Crippen molar-refractivity contribution < 1.29 is 17.6 Å². The van der Waals surface area contributed by atoms with Gasteiger partial charge >= 0.3 is 0 Å². The largest absolute Gasteiger partial charge is 0.320 e. The summed E-state index contributed by atoms with van der Waals surface area (Å²) in [6, 6.07) is 11.0. The van der Waals surface area contributed by atoms with Crippen LogP contribution in [0, 0.1) is 19.7 Å². The Hall–Kier alpha value is -3.53. The standard InChI is InChI=1S/C20H18FN5O3S/c1-12-10-13(2)26(24-12)16-8-7-14(11-15(16)21)22-19(27)18-17-6-4-5-9-25(17)20(23-18)30(3,28)29/h4-11H,1-3H3,(H,22,27). The summed E-state index contributed by atoms with van der Waals surface area (Å²) in [5, 5.41) is 6.59. The molecular weight excluding hydrogens is 409 g/mol. The molecular formula is C20H18FN5O3S. The number of sulfone groups is 1. The fourth-order valence-electron chi connectivity index (χ4n) is 3.26. The fourth-order valence-corrected chi connectivity index (χ4v) is 4.03. The van der Waals surface area contributed by atoms with Gasteiger partial charge in [-0.3, -0.25) is 9.20 Å². The zero-order valence-electron chi connectivity index (χ0n) is 16.4. The van der Waals surface area contributed by atoms with Crippen LogP contribution in [0.2, 0.25) is 0 Å². The first-order chi connectivity index (χ1) is 14.1. The number of fused-ring (bicyclic) bond motifs is 1. The van der Waals surface area contributed by atoms with E-state index in [0.717, 1.165) is 17.6 Å². The van der Waals surface area contributed by atoms with Crippen molar-refractivity contribution in [1.82, 2.24) is 19.2 Å². The molecule has 0 aliphatic rings. The van der Waals surface area contributed by atoms with Crippen molar-refractivity contribution in [2.24, 2.45) is 0 Å². The first-order valence-corrected chi connectivity index (χ1v) is 10.9. The van der Waals surface area contributed by atoms with Crippen molar-refractivity contribution in [3.8, 4) is 5.69 Å². The minimum atomic E-state index is -3.66. The summed E-state index contributed by atoms with van der Waals surface area (Å²) in [5.74, 6) is -1.21. The lowest BCUT2D eigenvalue weighted by Crippen LogP contribution is -2.14. The number of pyridine rings is 1. The van der Waals surface area contributed by atoms with E-state index in [2.05, 4.69) is 15.4 Å². The lowest BCUT2D eigenvalue weighted by Gasteiger charge is -2.09. The number of carbonyl (C=O) groups excluding carboxylic acids is 1. The van der Waals surface area contributed by atoms with Gasteiger partial charge in [-0.1, -0.05) is 6.07 Å². The molecule has 4 aromatic rings. The van der Waals surface area contributed by atoms with E-state index in [1.54, 1.807) is 24.3 Å². The number of rotatable bonds is 4. The van der Waals surface area contributed by atoms with Gasteiger partial charge in [0, 0.05) is 23.8 Å². The first-order valence-electron chi connectivity index (χ1n) is 8.97. The molecule has 0 radical (unpaired) electrons. The van der Waals surface area contributed by atoms with Crippen LogP contribution in [0.5, 0.6) is 0 Å². The molecule has 0 unspecified atom stereocenters. The van der Waals surface area contributed by atoms with Crippen molar-refractivity contribution in [3.05, 3.63) is 71.6 Å². The van der Waals surface area contributed by atoms with Crippen LogP contribution in [0.3, 0.4) is 0 Å². The Kier molecular flexibility index (Phi) is 4.65. The highest BCUT2D eigenvalue weighted by Crippen LogP contribution is 2.22. The predicted molar refractivity (Wildman–Crippen MR) is 109 cm³/mol. The second-order valence-electron chi connectivity index (χ2n) is 6.93. The number of nitrogens with zero attached hydrogens (tertiary/aromatic N) is 4. The van der Waals surface area contributed by atoms with E-state index in [0.29, 0.717) is 5.52 Å². The van der Waals surface area contributed by atoms with Gasteiger partial charge in [0.25, 0.3) is 5.91 Å². The number of nitrogens with one attached hydrogen (secondary N) is 1. The average molecular weight is 427 g/mol. The van der Waals surface area contributed by atoms with Crippen LogP contribution in [0.25, 0.3) is 11.2 Å². The van der Waals surface area contributed by atoms with Crippen LogP contribution in [0.4, 0.5) is 10.1 Å². The van der Waals surface area contributed by atoms with E-state index < -0.39 is 21.6 Å². The average Bonchev–Trinajstić information content (AvgIpc) is 3.21. The third-order valence-electron chi connectivity index (χ3n) is 4.51. The Labute approximate surface area is 171 Å².